The van der Waals surface area contributed by atoms with Gasteiger partial charge >= 0.3 is 0 Å². The quantitative estimate of drug-likeness (QED) is 0.718. The molecule has 25 heavy (non-hydrogen) atoms. The standard InChI is InChI=1S/C18H25N5O2/c1-4-12(2)16(19)18(25)22-15-8-5-7-14(11-15)21-17(24)13(3)23-10-6-9-20-23/h5-13,16H,4,19H2,1-3H3,(H,21,24)(H,22,25). The minimum absolute atomic E-state index is 0.0952. The van der Waals surface area contributed by atoms with Crippen molar-refractivity contribution in [3.05, 3.63) is 42.7 Å². The van der Waals surface area contributed by atoms with Crippen LogP contribution in [0.2, 0.25) is 0 Å². The van der Waals surface area contributed by atoms with Crippen LogP contribution >= 0.6 is 0 Å². The molecule has 7 heteroatoms. The molecule has 3 atom stereocenters. The number of aromatic nitrogens is 2. The first kappa shape index (κ1) is 18.7. The summed E-state index contributed by atoms with van der Waals surface area (Å²) >= 11 is 0. The Labute approximate surface area is 147 Å². The monoisotopic (exact) mass is 343 g/mol. The van der Waals surface area contributed by atoms with Gasteiger partial charge < -0.3 is 16.4 Å². The van der Waals surface area contributed by atoms with Crippen molar-refractivity contribution in [1.29, 1.82) is 0 Å². The average molecular weight is 343 g/mol. The summed E-state index contributed by atoms with van der Waals surface area (Å²) in [4.78, 5) is 24.5. The minimum Gasteiger partial charge on any atom is -0.325 e. The Bertz CT molecular complexity index is 714. The summed E-state index contributed by atoms with van der Waals surface area (Å²) in [6.45, 7) is 5.70. The molecule has 0 saturated heterocycles. The molecular weight excluding hydrogens is 318 g/mol. The largest absolute Gasteiger partial charge is 0.325 e. The van der Waals surface area contributed by atoms with E-state index in [0.717, 1.165) is 6.42 Å². The Morgan fingerprint density at radius 3 is 2.36 bits per heavy atom. The number of nitrogens with one attached hydrogen (secondary N) is 2. The number of carbonyl (C=O) groups excluding carboxylic acids is 2. The SMILES string of the molecule is CCC(C)C(N)C(=O)Nc1cccc(NC(=O)C(C)n2cccn2)c1. The zero-order valence-corrected chi connectivity index (χ0v) is 14.8. The third-order valence-corrected chi connectivity index (χ3v) is 4.26. The van der Waals surface area contributed by atoms with Crippen molar-refractivity contribution in [2.45, 2.75) is 39.3 Å². The molecule has 0 radical (unpaired) electrons. The second-order valence-corrected chi connectivity index (χ2v) is 6.13. The van der Waals surface area contributed by atoms with Crippen LogP contribution in [-0.2, 0) is 9.59 Å². The fourth-order valence-corrected chi connectivity index (χ4v) is 2.29. The average Bonchev–Trinajstić information content (AvgIpc) is 3.14. The van der Waals surface area contributed by atoms with E-state index in [1.807, 2.05) is 13.8 Å². The summed E-state index contributed by atoms with van der Waals surface area (Å²) < 4.78 is 1.58. The molecule has 0 spiro atoms. The van der Waals surface area contributed by atoms with Gasteiger partial charge in [-0.25, -0.2) is 0 Å². The molecule has 1 heterocycles. The molecule has 4 N–H and O–H groups in total. The van der Waals surface area contributed by atoms with Crippen LogP contribution in [0, 0.1) is 5.92 Å². The van der Waals surface area contributed by atoms with Gasteiger partial charge in [0, 0.05) is 23.8 Å². The Balaban J connectivity index is 2.01. The molecule has 1 aromatic carbocycles. The zero-order valence-electron chi connectivity index (χ0n) is 14.8. The number of hydrogen-bond acceptors (Lipinski definition) is 4. The van der Waals surface area contributed by atoms with Crippen molar-refractivity contribution < 1.29 is 9.59 Å². The van der Waals surface area contributed by atoms with Crippen molar-refractivity contribution in [2.24, 2.45) is 11.7 Å². The van der Waals surface area contributed by atoms with Gasteiger partial charge in [-0.3, -0.25) is 14.3 Å². The molecule has 3 unspecified atom stereocenters. The van der Waals surface area contributed by atoms with E-state index in [-0.39, 0.29) is 17.7 Å². The second-order valence-electron chi connectivity index (χ2n) is 6.13. The first-order valence-electron chi connectivity index (χ1n) is 8.38. The maximum atomic E-state index is 12.3. The normalized spacial score (nSPS) is 14.4. The van der Waals surface area contributed by atoms with E-state index in [1.54, 1.807) is 54.3 Å². The Kier molecular flexibility index (Phi) is 6.30. The molecule has 2 rings (SSSR count). The zero-order chi connectivity index (χ0) is 18.4. The number of nitrogens with zero attached hydrogens (tertiary/aromatic N) is 2. The van der Waals surface area contributed by atoms with Gasteiger partial charge in [-0.15, -0.1) is 0 Å². The molecule has 2 amide bonds. The van der Waals surface area contributed by atoms with Crippen molar-refractivity contribution in [1.82, 2.24) is 9.78 Å². The lowest BCUT2D eigenvalue weighted by molar-refractivity contribution is -0.119. The first-order valence-corrected chi connectivity index (χ1v) is 8.38. The van der Waals surface area contributed by atoms with E-state index in [4.69, 9.17) is 5.73 Å². The molecule has 0 fully saturated rings. The highest BCUT2D eigenvalue weighted by Crippen LogP contribution is 2.18. The van der Waals surface area contributed by atoms with Crippen molar-refractivity contribution in [2.75, 3.05) is 10.6 Å². The van der Waals surface area contributed by atoms with E-state index in [9.17, 15) is 9.59 Å². The van der Waals surface area contributed by atoms with Crippen molar-refractivity contribution in [3.8, 4) is 0 Å². The van der Waals surface area contributed by atoms with E-state index < -0.39 is 12.1 Å². The van der Waals surface area contributed by atoms with Crippen LogP contribution < -0.4 is 16.4 Å². The highest BCUT2D eigenvalue weighted by molar-refractivity contribution is 5.97. The topological polar surface area (TPSA) is 102 Å². The molecule has 0 aliphatic rings. The fourth-order valence-electron chi connectivity index (χ4n) is 2.29. The molecule has 134 valence electrons. The van der Waals surface area contributed by atoms with E-state index >= 15 is 0 Å². The predicted molar refractivity (Wildman–Crippen MR) is 98.1 cm³/mol. The number of anilines is 2. The van der Waals surface area contributed by atoms with Gasteiger partial charge in [-0.05, 0) is 37.1 Å². The molecule has 0 bridgehead atoms. The highest BCUT2D eigenvalue weighted by atomic mass is 16.2. The molecule has 2 aromatic rings. The Morgan fingerprint density at radius 1 is 1.16 bits per heavy atom. The number of benzene rings is 1. The third kappa shape index (κ3) is 4.90. The van der Waals surface area contributed by atoms with Crippen LogP contribution in [0.25, 0.3) is 0 Å². The molecule has 0 aliphatic heterocycles. The number of carbonyl (C=O) groups is 2. The molecular formula is C18H25N5O2. The van der Waals surface area contributed by atoms with Crippen LogP contribution in [0.5, 0.6) is 0 Å². The second kappa shape index (κ2) is 8.43. The van der Waals surface area contributed by atoms with Crippen LogP contribution in [-0.4, -0.2) is 27.6 Å². The summed E-state index contributed by atoms with van der Waals surface area (Å²) in [6, 6.07) is 7.75. The minimum atomic E-state index is -0.567. The summed E-state index contributed by atoms with van der Waals surface area (Å²) in [7, 11) is 0. The maximum Gasteiger partial charge on any atom is 0.248 e. The van der Waals surface area contributed by atoms with E-state index in [2.05, 4.69) is 15.7 Å². The molecule has 7 nitrogen and oxygen atoms in total. The summed E-state index contributed by atoms with van der Waals surface area (Å²) in [5.74, 6) is -0.330. The maximum absolute atomic E-state index is 12.3. The highest BCUT2D eigenvalue weighted by Gasteiger charge is 2.20. The lowest BCUT2D eigenvalue weighted by atomic mass is 9.99. The molecule has 0 saturated carbocycles. The summed E-state index contributed by atoms with van der Waals surface area (Å²) in [6.07, 6.45) is 4.19. The lowest BCUT2D eigenvalue weighted by Crippen LogP contribution is -2.40. The van der Waals surface area contributed by atoms with Gasteiger partial charge in [0.25, 0.3) is 0 Å². The number of hydrogen-bond donors (Lipinski definition) is 3. The first-order chi connectivity index (χ1) is 11.9. The number of amides is 2. The molecule has 1 aromatic heterocycles. The number of rotatable bonds is 7. The van der Waals surface area contributed by atoms with E-state index in [0.29, 0.717) is 11.4 Å². The van der Waals surface area contributed by atoms with Gasteiger partial charge in [-0.2, -0.15) is 5.10 Å². The van der Waals surface area contributed by atoms with Gasteiger partial charge in [-0.1, -0.05) is 26.3 Å². The number of nitrogens with two attached hydrogens (primary N) is 1. The van der Waals surface area contributed by atoms with Gasteiger partial charge in [0.05, 0.1) is 6.04 Å². The van der Waals surface area contributed by atoms with Crippen LogP contribution in [0.15, 0.2) is 42.7 Å². The lowest BCUT2D eigenvalue weighted by Gasteiger charge is -2.18. The van der Waals surface area contributed by atoms with Crippen LogP contribution in [0.1, 0.15) is 33.2 Å². The summed E-state index contributed by atoms with van der Waals surface area (Å²) in [5, 5.41) is 9.68. The van der Waals surface area contributed by atoms with E-state index in [1.165, 1.54) is 0 Å². The fraction of sp³-hybridized carbons (Fsp3) is 0.389. The molecule has 0 aliphatic carbocycles. The van der Waals surface area contributed by atoms with Crippen LogP contribution in [0.4, 0.5) is 11.4 Å². The summed E-state index contributed by atoms with van der Waals surface area (Å²) in [5.41, 5.74) is 7.13. The predicted octanol–water partition coefficient (Wildman–Crippen LogP) is 2.39. The van der Waals surface area contributed by atoms with Gasteiger partial charge in [0.1, 0.15) is 6.04 Å². The Morgan fingerprint density at radius 2 is 1.80 bits per heavy atom. The van der Waals surface area contributed by atoms with Crippen molar-refractivity contribution >= 4 is 23.2 Å². The smallest absolute Gasteiger partial charge is 0.248 e. The third-order valence-electron chi connectivity index (χ3n) is 4.26. The van der Waals surface area contributed by atoms with Crippen LogP contribution in [0.3, 0.4) is 0 Å². The van der Waals surface area contributed by atoms with Gasteiger partial charge in [0.2, 0.25) is 11.8 Å². The Hall–Kier alpha value is -2.67. The van der Waals surface area contributed by atoms with Gasteiger partial charge in [0.15, 0.2) is 0 Å². The van der Waals surface area contributed by atoms with Crippen molar-refractivity contribution in [3.63, 3.8) is 0 Å².